The van der Waals surface area contributed by atoms with Crippen molar-refractivity contribution in [3.8, 4) is 0 Å². The molecule has 127 valence electrons. The van der Waals surface area contributed by atoms with E-state index in [-0.39, 0.29) is 11.9 Å². The van der Waals surface area contributed by atoms with Crippen molar-refractivity contribution in [3.63, 3.8) is 0 Å². The summed E-state index contributed by atoms with van der Waals surface area (Å²) in [4.78, 5) is 17.4. The van der Waals surface area contributed by atoms with Crippen molar-refractivity contribution < 1.29 is 4.79 Å². The Balaban J connectivity index is 1.54. The third kappa shape index (κ3) is 2.73. The van der Waals surface area contributed by atoms with Crippen molar-refractivity contribution in [3.05, 3.63) is 84.5 Å². The summed E-state index contributed by atoms with van der Waals surface area (Å²) in [5.41, 5.74) is 3.64. The van der Waals surface area contributed by atoms with Crippen molar-refractivity contribution >= 4 is 27.7 Å². The molecule has 1 amide bonds. The summed E-state index contributed by atoms with van der Waals surface area (Å²) < 4.78 is 2.11. The van der Waals surface area contributed by atoms with Crippen LogP contribution in [0.4, 0.5) is 0 Å². The van der Waals surface area contributed by atoms with Gasteiger partial charge in [0.25, 0.3) is 5.91 Å². The van der Waals surface area contributed by atoms with Gasteiger partial charge in [-0.05, 0) is 37.1 Å². The first kappa shape index (κ1) is 15.1. The van der Waals surface area contributed by atoms with E-state index in [9.17, 15) is 4.79 Å². The van der Waals surface area contributed by atoms with Gasteiger partial charge in [0.05, 0.1) is 28.8 Å². The molecule has 0 bridgehead atoms. The molecule has 0 saturated heterocycles. The first-order chi connectivity index (χ1) is 12.8. The predicted molar refractivity (Wildman–Crippen MR) is 103 cm³/mol. The number of nitrogens with one attached hydrogen (secondary N) is 1. The highest BCUT2D eigenvalue weighted by Crippen LogP contribution is 2.24. The lowest BCUT2D eigenvalue weighted by Gasteiger charge is -2.10. The van der Waals surface area contributed by atoms with Crippen LogP contribution in [0.1, 0.15) is 22.5 Å². The van der Waals surface area contributed by atoms with E-state index < -0.39 is 0 Å². The summed E-state index contributed by atoms with van der Waals surface area (Å²) in [5.74, 6) is -0.0132. The third-order valence-corrected chi connectivity index (χ3v) is 4.81. The summed E-state index contributed by atoms with van der Waals surface area (Å²) in [5, 5.41) is 5.25. The van der Waals surface area contributed by atoms with Crippen LogP contribution in [0.25, 0.3) is 21.8 Å². The van der Waals surface area contributed by atoms with Gasteiger partial charge in [-0.15, -0.1) is 0 Å². The maximum absolute atomic E-state index is 12.6. The second-order valence-electron chi connectivity index (χ2n) is 6.73. The first-order valence-electron chi connectivity index (χ1n) is 8.85. The van der Waals surface area contributed by atoms with Crippen LogP contribution in [-0.4, -0.2) is 21.5 Å². The van der Waals surface area contributed by atoms with Crippen molar-refractivity contribution in [1.82, 2.24) is 14.9 Å². The minimum absolute atomic E-state index is 0.0132. The van der Waals surface area contributed by atoms with Gasteiger partial charge in [-0.2, -0.15) is 0 Å². The first-order valence-corrected chi connectivity index (χ1v) is 8.85. The normalized spacial score (nSPS) is 14.0. The van der Waals surface area contributed by atoms with Gasteiger partial charge >= 0.3 is 0 Å². The van der Waals surface area contributed by atoms with E-state index in [1.54, 1.807) is 0 Å². The molecule has 2 aromatic heterocycles. The number of carbonyl (C=O) groups excluding carboxylic acids is 1. The highest BCUT2D eigenvalue weighted by molar-refractivity contribution is 6.06. The molecule has 5 rings (SSSR count). The van der Waals surface area contributed by atoms with Crippen LogP contribution in [0.2, 0.25) is 0 Å². The van der Waals surface area contributed by atoms with Gasteiger partial charge in [0.2, 0.25) is 0 Å². The lowest BCUT2D eigenvalue weighted by molar-refractivity contribution is 0.0953. The quantitative estimate of drug-likeness (QED) is 0.611. The third-order valence-electron chi connectivity index (χ3n) is 4.81. The fourth-order valence-corrected chi connectivity index (χ4v) is 3.38. The number of rotatable bonds is 4. The van der Waals surface area contributed by atoms with Crippen LogP contribution in [-0.2, 0) is 6.54 Å². The van der Waals surface area contributed by atoms with E-state index in [1.807, 2.05) is 42.6 Å². The zero-order valence-electron chi connectivity index (χ0n) is 14.2. The molecular weight excluding hydrogens is 322 g/mol. The SMILES string of the molecule is O=C(NC1[CH]C1)c1cccc2ccn(Cc3ccc4ccccc4n3)c12. The van der Waals surface area contributed by atoms with Crippen LogP contribution in [0.3, 0.4) is 0 Å². The van der Waals surface area contributed by atoms with E-state index in [4.69, 9.17) is 4.98 Å². The Hall–Kier alpha value is -3.14. The summed E-state index contributed by atoms with van der Waals surface area (Å²) in [6.45, 7) is 0.633. The smallest absolute Gasteiger partial charge is 0.253 e. The Kier molecular flexibility index (Phi) is 3.49. The number of aromatic nitrogens is 2. The molecule has 1 unspecified atom stereocenters. The lowest BCUT2D eigenvalue weighted by Crippen LogP contribution is -2.26. The monoisotopic (exact) mass is 340 g/mol. The minimum atomic E-state index is -0.0132. The molecule has 4 nitrogen and oxygen atoms in total. The lowest BCUT2D eigenvalue weighted by atomic mass is 10.1. The predicted octanol–water partition coefficient (Wildman–Crippen LogP) is 3.94. The molecule has 1 atom stereocenters. The zero-order valence-corrected chi connectivity index (χ0v) is 14.2. The number of hydrogen-bond acceptors (Lipinski definition) is 2. The number of nitrogens with zero attached hydrogens (tertiary/aromatic N) is 2. The summed E-state index contributed by atoms with van der Waals surface area (Å²) in [6.07, 6.45) is 5.08. The zero-order chi connectivity index (χ0) is 17.5. The van der Waals surface area contributed by atoms with Crippen LogP contribution in [0.5, 0.6) is 0 Å². The van der Waals surface area contributed by atoms with E-state index in [2.05, 4.69) is 40.6 Å². The van der Waals surface area contributed by atoms with Crippen molar-refractivity contribution in [2.75, 3.05) is 0 Å². The van der Waals surface area contributed by atoms with Gasteiger partial charge in [-0.3, -0.25) is 9.78 Å². The number of para-hydroxylation sites is 2. The number of hydrogen-bond donors (Lipinski definition) is 1. The highest BCUT2D eigenvalue weighted by Gasteiger charge is 2.25. The van der Waals surface area contributed by atoms with Crippen LogP contribution in [0.15, 0.2) is 66.9 Å². The Morgan fingerprint density at radius 2 is 1.88 bits per heavy atom. The van der Waals surface area contributed by atoms with Crippen LogP contribution in [0, 0.1) is 6.42 Å². The fraction of sp³-hybridized carbons (Fsp3) is 0.136. The van der Waals surface area contributed by atoms with Gasteiger partial charge in [0.1, 0.15) is 0 Å². The molecule has 1 N–H and O–H groups in total. The Bertz CT molecular complexity index is 1120. The number of pyridine rings is 1. The Morgan fingerprint density at radius 1 is 1.04 bits per heavy atom. The average Bonchev–Trinajstić information content (AvgIpc) is 3.40. The molecule has 2 heterocycles. The topological polar surface area (TPSA) is 46.9 Å². The standard InChI is InChI=1S/C22H18N3O/c26-22(24-17-10-11-17)19-6-3-5-16-12-13-25(21(16)19)14-18-9-8-15-4-1-2-7-20(15)23-18/h1-10,12-13,17H,11,14H2,(H,24,26). The number of benzene rings is 2. The van der Waals surface area contributed by atoms with E-state index in [0.29, 0.717) is 12.1 Å². The second-order valence-corrected chi connectivity index (χ2v) is 6.73. The molecule has 4 aromatic rings. The molecule has 1 saturated carbocycles. The summed E-state index contributed by atoms with van der Waals surface area (Å²) in [7, 11) is 0. The molecule has 1 fully saturated rings. The maximum atomic E-state index is 12.6. The van der Waals surface area contributed by atoms with Crippen molar-refractivity contribution in [2.24, 2.45) is 0 Å². The average molecular weight is 340 g/mol. The van der Waals surface area contributed by atoms with Gasteiger partial charge in [-0.25, -0.2) is 0 Å². The largest absolute Gasteiger partial charge is 0.349 e. The van der Waals surface area contributed by atoms with Gasteiger partial charge in [0, 0.05) is 23.0 Å². The number of fused-ring (bicyclic) bond motifs is 2. The molecule has 1 aliphatic carbocycles. The molecule has 0 spiro atoms. The summed E-state index contributed by atoms with van der Waals surface area (Å²) >= 11 is 0. The van der Waals surface area contributed by atoms with E-state index >= 15 is 0 Å². The number of carbonyl (C=O) groups is 1. The van der Waals surface area contributed by atoms with Gasteiger partial charge in [0.15, 0.2) is 0 Å². The van der Waals surface area contributed by atoms with Crippen LogP contribution < -0.4 is 5.32 Å². The van der Waals surface area contributed by atoms with Gasteiger partial charge in [-0.1, -0.05) is 36.4 Å². The number of amides is 1. The molecule has 0 aliphatic heterocycles. The maximum Gasteiger partial charge on any atom is 0.253 e. The molecule has 2 aromatic carbocycles. The van der Waals surface area contributed by atoms with E-state index in [0.717, 1.165) is 33.9 Å². The Labute approximate surface area is 151 Å². The van der Waals surface area contributed by atoms with Crippen LogP contribution >= 0.6 is 0 Å². The Morgan fingerprint density at radius 3 is 2.77 bits per heavy atom. The second kappa shape index (κ2) is 5.99. The molecule has 4 heteroatoms. The van der Waals surface area contributed by atoms with E-state index in [1.165, 1.54) is 0 Å². The molecule has 1 aliphatic rings. The molecule has 26 heavy (non-hydrogen) atoms. The minimum Gasteiger partial charge on any atom is -0.349 e. The van der Waals surface area contributed by atoms with Crippen molar-refractivity contribution in [2.45, 2.75) is 19.0 Å². The molecule has 1 radical (unpaired) electrons. The van der Waals surface area contributed by atoms with Crippen molar-refractivity contribution in [1.29, 1.82) is 0 Å². The molecular formula is C22H18N3O. The summed E-state index contributed by atoms with van der Waals surface area (Å²) in [6, 6.07) is 20.4. The fourth-order valence-electron chi connectivity index (χ4n) is 3.38. The highest BCUT2D eigenvalue weighted by atomic mass is 16.1. The van der Waals surface area contributed by atoms with Gasteiger partial charge < -0.3 is 9.88 Å².